The van der Waals surface area contributed by atoms with E-state index in [-0.39, 0.29) is 0 Å². The van der Waals surface area contributed by atoms with Gasteiger partial charge in [-0.05, 0) is 24.3 Å². The Morgan fingerprint density at radius 1 is 0.846 bits per heavy atom. The summed E-state index contributed by atoms with van der Waals surface area (Å²) in [5.41, 5.74) is 0.756. The summed E-state index contributed by atoms with van der Waals surface area (Å²) in [6.07, 6.45) is 0. The molecule has 0 aliphatic heterocycles. The van der Waals surface area contributed by atoms with Crippen LogP contribution >= 0.6 is 0 Å². The first-order valence-corrected chi connectivity index (χ1v) is 5.16. The second-order valence-electron chi connectivity index (χ2n) is 6.33. The lowest BCUT2D eigenvalue weighted by molar-refractivity contribution is 0.154. The third-order valence-electron chi connectivity index (χ3n) is 1.71. The van der Waals surface area contributed by atoms with Crippen LogP contribution in [-0.2, 0) is 0 Å². The predicted octanol–water partition coefficient (Wildman–Crippen LogP) is 3.21. The molecule has 0 aromatic rings. The molecular formula is C12H26N. The van der Waals surface area contributed by atoms with E-state index < -0.39 is 0 Å². The zero-order valence-electron chi connectivity index (χ0n) is 10.3. The second-order valence-corrected chi connectivity index (χ2v) is 6.33. The summed E-state index contributed by atoms with van der Waals surface area (Å²) in [7, 11) is 0. The summed E-state index contributed by atoms with van der Waals surface area (Å²) in [5, 5.41) is 0. The van der Waals surface area contributed by atoms with Crippen LogP contribution in [-0.4, -0.2) is 24.5 Å². The lowest BCUT2D eigenvalue weighted by Crippen LogP contribution is -2.38. The van der Waals surface area contributed by atoms with Gasteiger partial charge in [-0.1, -0.05) is 41.5 Å². The summed E-state index contributed by atoms with van der Waals surface area (Å²) in [6.45, 7) is 20.8. The first-order valence-electron chi connectivity index (χ1n) is 5.16. The molecule has 0 aliphatic carbocycles. The summed E-state index contributed by atoms with van der Waals surface area (Å²) in [6, 6.07) is 0. The molecule has 0 fully saturated rings. The highest BCUT2D eigenvalue weighted by molar-refractivity contribution is 4.74. The molecule has 0 atom stereocenters. The number of hydrogen-bond donors (Lipinski definition) is 0. The molecule has 0 aliphatic rings. The van der Waals surface area contributed by atoms with Crippen molar-refractivity contribution in [1.82, 2.24) is 4.90 Å². The van der Waals surface area contributed by atoms with Gasteiger partial charge in [0.25, 0.3) is 0 Å². The summed E-state index contributed by atoms with van der Waals surface area (Å²) in [4.78, 5) is 2.43. The zero-order valence-corrected chi connectivity index (χ0v) is 10.3. The molecule has 0 unspecified atom stereocenters. The minimum Gasteiger partial charge on any atom is -0.302 e. The van der Waals surface area contributed by atoms with Crippen LogP contribution in [0.15, 0.2) is 0 Å². The molecule has 0 N–H and O–H groups in total. The number of nitrogens with zero attached hydrogens (tertiary/aromatic N) is 1. The quantitative estimate of drug-likeness (QED) is 0.651. The second kappa shape index (κ2) is 4.45. The number of rotatable bonds is 3. The highest BCUT2D eigenvalue weighted by Gasteiger charge is 2.20. The Labute approximate surface area is 84.5 Å². The summed E-state index contributed by atoms with van der Waals surface area (Å²) >= 11 is 0. The van der Waals surface area contributed by atoms with Crippen LogP contribution in [0.3, 0.4) is 0 Å². The Morgan fingerprint density at radius 2 is 1.15 bits per heavy atom. The normalized spacial score (nSPS) is 13.8. The van der Waals surface area contributed by atoms with Gasteiger partial charge >= 0.3 is 0 Å². The molecule has 0 aromatic carbocycles. The van der Waals surface area contributed by atoms with E-state index in [1.165, 1.54) is 0 Å². The zero-order chi connectivity index (χ0) is 10.7. The van der Waals surface area contributed by atoms with E-state index in [9.17, 15) is 0 Å². The standard InChI is InChI=1S/C12H26N/c1-8-13(9-11(2,3)4)10-12(5,6)7/h1,8-10H2,2-7H3. The van der Waals surface area contributed by atoms with Crippen molar-refractivity contribution in [2.24, 2.45) is 10.8 Å². The fourth-order valence-electron chi connectivity index (χ4n) is 1.56. The molecule has 1 nitrogen and oxygen atoms in total. The van der Waals surface area contributed by atoms with Crippen LogP contribution in [0.25, 0.3) is 0 Å². The average molecular weight is 184 g/mol. The van der Waals surface area contributed by atoms with Crippen LogP contribution in [0.4, 0.5) is 0 Å². The van der Waals surface area contributed by atoms with E-state index in [1.54, 1.807) is 0 Å². The van der Waals surface area contributed by atoms with Crippen molar-refractivity contribution in [2.45, 2.75) is 41.5 Å². The van der Waals surface area contributed by atoms with Crippen LogP contribution < -0.4 is 0 Å². The van der Waals surface area contributed by atoms with E-state index in [4.69, 9.17) is 0 Å². The van der Waals surface area contributed by atoms with Crippen molar-refractivity contribution in [1.29, 1.82) is 0 Å². The Bertz CT molecular complexity index is 120. The monoisotopic (exact) mass is 184 g/mol. The van der Waals surface area contributed by atoms with Gasteiger partial charge in [-0.2, -0.15) is 0 Å². The van der Waals surface area contributed by atoms with Gasteiger partial charge in [-0.3, -0.25) is 0 Å². The van der Waals surface area contributed by atoms with Crippen molar-refractivity contribution >= 4 is 0 Å². The fraction of sp³-hybridized carbons (Fsp3) is 0.917. The van der Waals surface area contributed by atoms with Crippen LogP contribution in [0.5, 0.6) is 0 Å². The van der Waals surface area contributed by atoms with E-state index in [0.29, 0.717) is 10.8 Å². The molecule has 1 radical (unpaired) electrons. The van der Waals surface area contributed by atoms with Crippen LogP contribution in [0.1, 0.15) is 41.5 Å². The van der Waals surface area contributed by atoms with E-state index >= 15 is 0 Å². The van der Waals surface area contributed by atoms with E-state index in [0.717, 1.165) is 19.6 Å². The maximum Gasteiger partial charge on any atom is 0.00303 e. The molecule has 13 heavy (non-hydrogen) atoms. The first-order chi connectivity index (χ1) is 5.64. The Morgan fingerprint density at radius 3 is 1.31 bits per heavy atom. The molecule has 0 amide bonds. The van der Waals surface area contributed by atoms with E-state index in [1.807, 2.05) is 0 Å². The lowest BCUT2D eigenvalue weighted by Gasteiger charge is -2.33. The van der Waals surface area contributed by atoms with Gasteiger partial charge in [0.1, 0.15) is 0 Å². The van der Waals surface area contributed by atoms with E-state index in [2.05, 4.69) is 53.4 Å². The largest absolute Gasteiger partial charge is 0.302 e. The smallest absolute Gasteiger partial charge is 0.00303 e. The van der Waals surface area contributed by atoms with Gasteiger partial charge in [0.15, 0.2) is 0 Å². The third kappa shape index (κ3) is 8.29. The molecule has 0 rings (SSSR count). The molecule has 79 valence electrons. The van der Waals surface area contributed by atoms with Crippen LogP contribution in [0, 0.1) is 17.8 Å². The molecule has 0 saturated carbocycles. The van der Waals surface area contributed by atoms with Crippen molar-refractivity contribution in [3.8, 4) is 0 Å². The first kappa shape index (κ1) is 13.0. The lowest BCUT2D eigenvalue weighted by atomic mass is 9.92. The highest BCUT2D eigenvalue weighted by Crippen LogP contribution is 2.20. The molecule has 0 spiro atoms. The molecule has 0 heterocycles. The molecule has 1 heteroatoms. The maximum absolute atomic E-state index is 3.98. The van der Waals surface area contributed by atoms with Crippen molar-refractivity contribution in [3.05, 3.63) is 6.92 Å². The van der Waals surface area contributed by atoms with Crippen molar-refractivity contribution in [3.63, 3.8) is 0 Å². The van der Waals surface area contributed by atoms with Crippen molar-refractivity contribution in [2.75, 3.05) is 19.6 Å². The van der Waals surface area contributed by atoms with Gasteiger partial charge in [0, 0.05) is 13.1 Å². The van der Waals surface area contributed by atoms with Gasteiger partial charge in [0.2, 0.25) is 0 Å². The average Bonchev–Trinajstić information content (AvgIpc) is 1.79. The van der Waals surface area contributed by atoms with Crippen molar-refractivity contribution < 1.29 is 0 Å². The van der Waals surface area contributed by atoms with Gasteiger partial charge < -0.3 is 4.90 Å². The van der Waals surface area contributed by atoms with Gasteiger partial charge in [-0.25, -0.2) is 0 Å². The Balaban J connectivity index is 4.05. The minimum atomic E-state index is 0.378. The summed E-state index contributed by atoms with van der Waals surface area (Å²) < 4.78 is 0. The minimum absolute atomic E-state index is 0.378. The van der Waals surface area contributed by atoms with Gasteiger partial charge in [0.05, 0.1) is 0 Å². The molecule has 0 aromatic heterocycles. The topological polar surface area (TPSA) is 3.24 Å². The molecule has 0 bridgehead atoms. The highest BCUT2D eigenvalue weighted by atomic mass is 15.1. The molecular weight excluding hydrogens is 158 g/mol. The molecule has 0 saturated heterocycles. The van der Waals surface area contributed by atoms with Crippen LogP contribution in [0.2, 0.25) is 0 Å². The van der Waals surface area contributed by atoms with Gasteiger partial charge in [-0.15, -0.1) is 0 Å². The SMILES string of the molecule is [CH2]CN(CC(C)(C)C)CC(C)(C)C. The fourth-order valence-corrected chi connectivity index (χ4v) is 1.56. The summed E-state index contributed by atoms with van der Waals surface area (Å²) in [5.74, 6) is 0. The number of hydrogen-bond acceptors (Lipinski definition) is 1. The maximum atomic E-state index is 3.98. The Kier molecular flexibility index (Phi) is 4.44. The predicted molar refractivity (Wildman–Crippen MR) is 60.7 cm³/mol. The Hall–Kier alpha value is -0.0400. The third-order valence-corrected chi connectivity index (χ3v) is 1.71.